The summed E-state index contributed by atoms with van der Waals surface area (Å²) >= 11 is 0. The van der Waals surface area contributed by atoms with E-state index >= 15 is 0 Å². The summed E-state index contributed by atoms with van der Waals surface area (Å²) in [5.74, 6) is 0.0201. The predicted octanol–water partition coefficient (Wildman–Crippen LogP) is 4.56. The van der Waals surface area contributed by atoms with Crippen molar-refractivity contribution >= 4 is 51.4 Å². The zero-order chi connectivity index (χ0) is 31.2. The number of hydrogen-bond donors (Lipinski definition) is 3. The minimum absolute atomic E-state index is 0.0201. The van der Waals surface area contributed by atoms with Crippen molar-refractivity contribution in [1.82, 2.24) is 20.2 Å². The van der Waals surface area contributed by atoms with Crippen molar-refractivity contribution in [1.29, 1.82) is 0 Å². The van der Waals surface area contributed by atoms with Crippen LogP contribution in [-0.2, 0) is 32.1 Å². The molecule has 0 radical (unpaired) electrons. The van der Waals surface area contributed by atoms with Crippen LogP contribution in [-0.4, -0.2) is 66.8 Å². The van der Waals surface area contributed by atoms with Gasteiger partial charge in [0.1, 0.15) is 17.5 Å². The number of pyridine rings is 1. The van der Waals surface area contributed by atoms with Crippen LogP contribution < -0.4 is 11.1 Å². The van der Waals surface area contributed by atoms with E-state index in [1.54, 1.807) is 11.1 Å². The van der Waals surface area contributed by atoms with E-state index in [0.29, 0.717) is 13.0 Å². The van der Waals surface area contributed by atoms with E-state index in [2.05, 4.69) is 31.8 Å². The molecule has 2 aromatic carbocycles. The fraction of sp³-hybridized carbons (Fsp3) is 0.290. The van der Waals surface area contributed by atoms with Crippen LogP contribution in [0.3, 0.4) is 0 Å². The Morgan fingerprint density at radius 3 is 2.58 bits per heavy atom. The zero-order valence-electron chi connectivity index (χ0n) is 24.0. The number of nitrogens with one attached hydrogen (secondary N) is 2. The molecule has 0 saturated carbocycles. The average Bonchev–Trinajstić information content (AvgIpc) is 3.75. The lowest BCUT2D eigenvalue weighted by atomic mass is 10.1. The fourth-order valence-electron chi connectivity index (χ4n) is 4.72. The van der Waals surface area contributed by atoms with Crippen molar-refractivity contribution < 1.29 is 32.3 Å². The Bertz CT molecular complexity index is 1590. The third-order valence-corrected chi connectivity index (χ3v) is 6.60. The van der Waals surface area contributed by atoms with Crippen LogP contribution in [0.4, 0.5) is 8.78 Å². The third kappa shape index (κ3) is 9.15. The molecular weight excluding hydrogens is 560 g/mol. The van der Waals surface area contributed by atoms with Crippen molar-refractivity contribution in [2.24, 2.45) is 5.73 Å². The number of ether oxygens (including phenoxy) is 1. The van der Waals surface area contributed by atoms with E-state index in [9.17, 15) is 18.4 Å². The minimum Gasteiger partial charge on any atom is -0.456 e. The molecule has 0 bridgehead atoms. The first-order valence-corrected chi connectivity index (χ1v) is 13.5. The molecule has 10 nitrogen and oxygen atoms in total. The van der Waals surface area contributed by atoms with Crippen LogP contribution in [0.15, 0.2) is 71.4 Å². The van der Waals surface area contributed by atoms with Gasteiger partial charge in [-0.2, -0.15) is 8.78 Å². The monoisotopic (exact) mass is 595 g/mol. The second-order valence-electron chi connectivity index (χ2n) is 9.46. The number of amides is 2. The number of rotatable bonds is 6. The molecule has 12 heteroatoms. The fourth-order valence-corrected chi connectivity index (χ4v) is 4.72. The molecule has 5 aromatic rings. The van der Waals surface area contributed by atoms with Gasteiger partial charge in [-0.15, -0.1) is 0 Å². The number of aldehydes is 1. The largest absolute Gasteiger partial charge is 0.456 e. The van der Waals surface area contributed by atoms with E-state index < -0.39 is 6.61 Å². The van der Waals surface area contributed by atoms with Crippen LogP contribution in [0, 0.1) is 0 Å². The molecule has 4 heterocycles. The van der Waals surface area contributed by atoms with Crippen molar-refractivity contribution in [2.75, 3.05) is 20.7 Å². The number of H-pyrrole nitrogens is 1. The first-order chi connectivity index (χ1) is 20.8. The number of methoxy groups -OCH3 is 1. The maximum absolute atomic E-state index is 12.5. The summed E-state index contributed by atoms with van der Waals surface area (Å²) in [5, 5.41) is 6.35. The number of primary amides is 1. The highest BCUT2D eigenvalue weighted by molar-refractivity contribution is 6.05. The number of aromatic nitrogens is 2. The highest BCUT2D eigenvalue weighted by Crippen LogP contribution is 2.29. The van der Waals surface area contributed by atoms with Crippen molar-refractivity contribution in [3.05, 3.63) is 78.2 Å². The molecule has 43 heavy (non-hydrogen) atoms. The summed E-state index contributed by atoms with van der Waals surface area (Å²) in [7, 11) is 2.88. The maximum Gasteiger partial charge on any atom is 0.345 e. The lowest BCUT2D eigenvalue weighted by Gasteiger charge is -2.20. The van der Waals surface area contributed by atoms with Gasteiger partial charge in [0.25, 0.3) is 0 Å². The number of furan rings is 1. The number of nitrogens with zero attached hydrogens (tertiary/aromatic N) is 2. The topological polar surface area (TPSA) is 144 Å². The lowest BCUT2D eigenvalue weighted by Crippen LogP contribution is -2.37. The summed E-state index contributed by atoms with van der Waals surface area (Å²) < 4.78 is 30.3. The van der Waals surface area contributed by atoms with Gasteiger partial charge in [0.05, 0.1) is 12.5 Å². The zero-order valence-corrected chi connectivity index (χ0v) is 24.0. The van der Waals surface area contributed by atoms with E-state index in [4.69, 9.17) is 9.21 Å². The van der Waals surface area contributed by atoms with Crippen molar-refractivity contribution in [3.8, 4) is 0 Å². The molecule has 1 aliphatic rings. The molecule has 0 spiro atoms. The van der Waals surface area contributed by atoms with Crippen LogP contribution in [0.1, 0.15) is 24.1 Å². The molecule has 3 aromatic heterocycles. The van der Waals surface area contributed by atoms with Gasteiger partial charge >= 0.3 is 6.61 Å². The molecule has 1 atom stereocenters. The van der Waals surface area contributed by atoms with Crippen molar-refractivity contribution in [2.45, 2.75) is 38.5 Å². The Balaban J connectivity index is 0.000000211. The minimum atomic E-state index is -2.62. The van der Waals surface area contributed by atoms with Crippen LogP contribution in [0.25, 0.3) is 32.8 Å². The number of fused-ring (bicyclic) bond motifs is 4. The molecule has 2 amide bonds. The first-order valence-electron chi connectivity index (χ1n) is 13.5. The lowest BCUT2D eigenvalue weighted by molar-refractivity contribution is -0.133. The van der Waals surface area contributed by atoms with Crippen molar-refractivity contribution in [3.63, 3.8) is 0 Å². The summed E-state index contributed by atoms with van der Waals surface area (Å²) in [6.07, 6.45) is 6.80. The highest BCUT2D eigenvalue weighted by Gasteiger charge is 2.28. The number of para-hydroxylation sites is 1. The molecule has 1 aliphatic heterocycles. The molecule has 0 aliphatic carbocycles. The smallest absolute Gasteiger partial charge is 0.345 e. The first kappa shape index (κ1) is 32.8. The van der Waals surface area contributed by atoms with Gasteiger partial charge in [0.2, 0.25) is 12.3 Å². The summed E-state index contributed by atoms with van der Waals surface area (Å²) in [4.78, 5) is 41.1. The molecule has 228 valence electrons. The normalized spacial score (nSPS) is 14.0. The third-order valence-electron chi connectivity index (χ3n) is 6.60. The van der Waals surface area contributed by atoms with E-state index in [1.807, 2.05) is 61.8 Å². The number of carbonyl (C=O) groups is 3. The number of aromatic amines is 1. The number of likely N-dealkylation sites (tertiary alicyclic amines) is 1. The SMILES string of the molecule is CNCc1cc2cnccc2[nH]1.COC(F)F.NC=O.O=CC1CCCN1C(=O)Cc1ccc2oc3ccccc3c2c1. The standard InChI is InChI=1S/C19H17NO3.C9H11N3.C2H4F2O.CH3NO/c21-12-14-4-3-9-20(14)19(22)11-13-7-8-18-16(10-13)15-5-1-2-6-17(15)23-18;1-10-6-8-4-7-5-11-3-2-9(7)12-8;1-5-2(3)4;2-1-3/h1-2,5-8,10,12,14H,3-4,9,11H2;2-5,10,12H,6H2,1H3;2H,1H3;1H,(H2,2,3). The van der Waals surface area contributed by atoms with E-state index in [1.165, 1.54) is 11.1 Å². The van der Waals surface area contributed by atoms with Gasteiger partial charge in [-0.1, -0.05) is 24.3 Å². The molecule has 6 rings (SSSR count). The molecular formula is C31H35F2N5O5. The van der Waals surface area contributed by atoms with Crippen LogP contribution in [0.2, 0.25) is 0 Å². The quantitative estimate of drug-likeness (QED) is 0.244. The Hall–Kier alpha value is -4.68. The number of alkyl halides is 2. The average molecular weight is 596 g/mol. The van der Waals surface area contributed by atoms with Gasteiger partial charge in [0, 0.05) is 60.0 Å². The number of carbonyl (C=O) groups excluding carboxylic acids is 3. The second-order valence-corrected chi connectivity index (χ2v) is 9.46. The molecule has 1 fully saturated rings. The Morgan fingerprint density at radius 1 is 1.19 bits per heavy atom. The Labute approximate surface area is 247 Å². The summed E-state index contributed by atoms with van der Waals surface area (Å²) in [6.45, 7) is -1.07. The van der Waals surface area contributed by atoms with Gasteiger partial charge in [-0.25, -0.2) is 0 Å². The Kier molecular flexibility index (Phi) is 12.7. The molecule has 1 saturated heterocycles. The van der Waals surface area contributed by atoms with Gasteiger partial charge in [-0.3, -0.25) is 14.6 Å². The number of benzene rings is 2. The van der Waals surface area contributed by atoms with E-state index in [-0.39, 0.29) is 18.4 Å². The van der Waals surface area contributed by atoms with Gasteiger partial charge in [0.15, 0.2) is 0 Å². The summed E-state index contributed by atoms with van der Waals surface area (Å²) in [5.41, 5.74) is 9.14. The predicted molar refractivity (Wildman–Crippen MR) is 160 cm³/mol. The van der Waals surface area contributed by atoms with E-state index in [0.717, 1.165) is 65.8 Å². The number of hydrogen-bond acceptors (Lipinski definition) is 7. The van der Waals surface area contributed by atoms with Crippen LogP contribution >= 0.6 is 0 Å². The highest BCUT2D eigenvalue weighted by atomic mass is 19.3. The number of halogens is 2. The maximum atomic E-state index is 12.5. The van der Waals surface area contributed by atoms with Gasteiger partial charge < -0.3 is 34.9 Å². The summed E-state index contributed by atoms with van der Waals surface area (Å²) in [6, 6.07) is 17.6. The second kappa shape index (κ2) is 16.7. The van der Waals surface area contributed by atoms with Gasteiger partial charge in [-0.05, 0) is 55.8 Å². The molecule has 4 N–H and O–H groups in total. The van der Waals surface area contributed by atoms with Crippen LogP contribution in [0.5, 0.6) is 0 Å². The Morgan fingerprint density at radius 2 is 1.91 bits per heavy atom. The molecule has 1 unspecified atom stereocenters. The number of nitrogens with two attached hydrogens (primary N) is 1.